The van der Waals surface area contributed by atoms with E-state index in [1.807, 2.05) is 6.92 Å². The van der Waals surface area contributed by atoms with E-state index in [-0.39, 0.29) is 12.0 Å². The van der Waals surface area contributed by atoms with Gasteiger partial charge < -0.3 is 14.8 Å². The smallest absolute Gasteiger partial charge is 0.416 e. The Morgan fingerprint density at radius 1 is 1.19 bits per heavy atom. The fourth-order valence-electron chi connectivity index (χ4n) is 4.10. The number of aliphatic imine (C=N–C) groups is 1. The number of hydrogen-bond donors (Lipinski definition) is 2. The van der Waals surface area contributed by atoms with E-state index in [4.69, 9.17) is 9.84 Å². The van der Waals surface area contributed by atoms with Gasteiger partial charge in [0.15, 0.2) is 0 Å². The number of benzene rings is 1. The average Bonchev–Trinajstić information content (AvgIpc) is 3.30. The second-order valence-corrected chi connectivity index (χ2v) is 8.69. The van der Waals surface area contributed by atoms with Crippen molar-refractivity contribution >= 4 is 29.3 Å². The van der Waals surface area contributed by atoms with Gasteiger partial charge in [-0.1, -0.05) is 6.08 Å². The van der Waals surface area contributed by atoms with E-state index in [0.29, 0.717) is 59.7 Å². The molecule has 188 valence electrons. The van der Waals surface area contributed by atoms with E-state index in [2.05, 4.69) is 26.7 Å². The number of aromatic nitrogens is 3. The number of hydrogen-bond acceptors (Lipinski definition) is 5. The minimum absolute atomic E-state index is 0.0977. The molecule has 0 radical (unpaired) electrons. The number of pyridine rings is 1. The molecule has 0 saturated heterocycles. The Bertz CT molecular complexity index is 1320. The summed E-state index contributed by atoms with van der Waals surface area (Å²) in [7, 11) is 0. The quantitative estimate of drug-likeness (QED) is 0.228. The number of carbonyl (C=O) groups is 1. The third-order valence-electron chi connectivity index (χ3n) is 6.19. The molecule has 1 aromatic carbocycles. The maximum Gasteiger partial charge on any atom is 0.416 e. The van der Waals surface area contributed by atoms with Crippen LogP contribution in [-0.4, -0.2) is 38.8 Å². The first kappa shape index (κ1) is 25.2. The van der Waals surface area contributed by atoms with Crippen LogP contribution in [0.3, 0.4) is 0 Å². The highest BCUT2D eigenvalue weighted by atomic mass is 19.4. The number of alkyl halides is 3. The Labute approximate surface area is 205 Å². The summed E-state index contributed by atoms with van der Waals surface area (Å²) >= 11 is 0. The molecule has 1 fully saturated rings. The van der Waals surface area contributed by atoms with E-state index in [0.717, 1.165) is 17.7 Å². The number of carboxylic acid groups (broad SMARTS) is 1. The van der Waals surface area contributed by atoms with E-state index in [1.165, 1.54) is 6.07 Å². The van der Waals surface area contributed by atoms with Crippen molar-refractivity contribution in [1.29, 1.82) is 0 Å². The lowest BCUT2D eigenvalue weighted by atomic mass is 9.87. The zero-order chi connectivity index (χ0) is 25.9. The minimum Gasteiger partial charge on any atom is -0.481 e. The summed E-state index contributed by atoms with van der Waals surface area (Å²) in [4.78, 5) is 26.8. The van der Waals surface area contributed by atoms with E-state index in [1.54, 1.807) is 30.5 Å². The number of rotatable bonds is 7. The van der Waals surface area contributed by atoms with Crippen molar-refractivity contribution in [3.63, 3.8) is 0 Å². The number of imidazole rings is 1. The maximum atomic E-state index is 13.0. The van der Waals surface area contributed by atoms with Gasteiger partial charge in [0.25, 0.3) is 0 Å². The molecule has 1 aliphatic carbocycles. The third kappa shape index (κ3) is 5.81. The van der Waals surface area contributed by atoms with Crippen molar-refractivity contribution in [2.75, 3.05) is 0 Å². The highest BCUT2D eigenvalue weighted by Crippen LogP contribution is 2.32. The van der Waals surface area contributed by atoms with Crippen LogP contribution >= 0.6 is 0 Å². The Morgan fingerprint density at radius 2 is 1.94 bits per heavy atom. The van der Waals surface area contributed by atoms with Gasteiger partial charge in [0.2, 0.25) is 5.88 Å². The number of carboxylic acids is 1. The Balaban J connectivity index is 1.44. The van der Waals surface area contributed by atoms with Gasteiger partial charge in [-0.2, -0.15) is 13.2 Å². The minimum atomic E-state index is -4.42. The summed E-state index contributed by atoms with van der Waals surface area (Å²) in [6.07, 6.45) is 3.01. The van der Waals surface area contributed by atoms with Gasteiger partial charge in [-0.25, -0.2) is 9.98 Å². The molecule has 0 atom stereocenters. The van der Waals surface area contributed by atoms with Crippen molar-refractivity contribution in [3.8, 4) is 11.4 Å². The molecule has 0 amide bonds. The molecular weight excluding hydrogens is 473 g/mol. The van der Waals surface area contributed by atoms with E-state index in [9.17, 15) is 18.0 Å². The first-order chi connectivity index (χ1) is 17.1. The topological polar surface area (TPSA) is 100 Å². The Hall–Kier alpha value is -3.95. The van der Waals surface area contributed by atoms with E-state index >= 15 is 0 Å². The van der Waals surface area contributed by atoms with Crippen LogP contribution in [0.1, 0.15) is 43.9 Å². The van der Waals surface area contributed by atoms with Crippen LogP contribution in [0.25, 0.3) is 28.0 Å². The van der Waals surface area contributed by atoms with Crippen molar-refractivity contribution in [3.05, 3.63) is 65.8 Å². The largest absolute Gasteiger partial charge is 0.481 e. The van der Waals surface area contributed by atoms with Gasteiger partial charge in [0, 0.05) is 17.8 Å². The first-order valence-corrected chi connectivity index (χ1v) is 11.4. The van der Waals surface area contributed by atoms with Crippen LogP contribution in [0.2, 0.25) is 0 Å². The summed E-state index contributed by atoms with van der Waals surface area (Å²) in [5, 5.41) is 9.12. The van der Waals surface area contributed by atoms with Crippen LogP contribution in [0.5, 0.6) is 0 Å². The molecule has 3 aromatic rings. The number of aromatic amines is 1. The first-order valence-electron chi connectivity index (χ1n) is 11.4. The molecule has 10 heteroatoms. The molecule has 1 saturated carbocycles. The Morgan fingerprint density at radius 3 is 2.56 bits per heavy atom. The lowest BCUT2D eigenvalue weighted by molar-refractivity contribution is -0.143. The van der Waals surface area contributed by atoms with Crippen molar-refractivity contribution in [2.24, 2.45) is 10.9 Å². The van der Waals surface area contributed by atoms with Gasteiger partial charge in [-0.15, -0.1) is 0 Å². The van der Waals surface area contributed by atoms with Crippen LogP contribution < -0.4 is 0 Å². The summed E-state index contributed by atoms with van der Waals surface area (Å²) in [6.45, 7) is 5.42. The fraction of sp³-hybridized carbons (Fsp3) is 0.308. The third-order valence-corrected chi connectivity index (χ3v) is 6.19. The SMILES string of the molecule is C=N/C(=C\C=C(/C)c1ccc(-c2nc3ccc(C(F)(F)F)cc3[nH]2)cn1)OC1CCC(C(=O)O)CC1. The monoisotopic (exact) mass is 498 g/mol. The number of nitrogens with zero attached hydrogens (tertiary/aromatic N) is 3. The number of fused-ring (bicyclic) bond motifs is 1. The second kappa shape index (κ2) is 10.3. The summed E-state index contributed by atoms with van der Waals surface area (Å²) in [6, 6.07) is 6.96. The summed E-state index contributed by atoms with van der Waals surface area (Å²) in [5.74, 6) is -0.305. The summed E-state index contributed by atoms with van der Waals surface area (Å²) < 4.78 is 44.8. The second-order valence-electron chi connectivity index (χ2n) is 8.69. The van der Waals surface area contributed by atoms with Gasteiger partial charge >= 0.3 is 12.1 Å². The maximum absolute atomic E-state index is 13.0. The molecule has 2 heterocycles. The number of aliphatic carboxylic acids is 1. The van der Waals surface area contributed by atoms with Crippen LogP contribution in [-0.2, 0) is 15.7 Å². The number of halogens is 3. The molecular formula is C26H25F3N4O3. The fourth-order valence-corrected chi connectivity index (χ4v) is 4.10. The average molecular weight is 499 g/mol. The van der Waals surface area contributed by atoms with Crippen LogP contribution in [0.4, 0.5) is 13.2 Å². The number of ether oxygens (including phenoxy) is 1. The lowest BCUT2D eigenvalue weighted by Crippen LogP contribution is -2.25. The van der Waals surface area contributed by atoms with Gasteiger partial charge in [-0.05, 0) is 75.2 Å². The molecule has 0 spiro atoms. The van der Waals surface area contributed by atoms with E-state index < -0.39 is 17.7 Å². The normalized spacial score (nSPS) is 19.3. The zero-order valence-electron chi connectivity index (χ0n) is 19.5. The highest BCUT2D eigenvalue weighted by Gasteiger charge is 2.31. The van der Waals surface area contributed by atoms with Gasteiger partial charge in [0.1, 0.15) is 11.9 Å². The number of H-pyrrole nitrogens is 1. The molecule has 0 unspecified atom stereocenters. The molecule has 0 bridgehead atoms. The lowest BCUT2D eigenvalue weighted by Gasteiger charge is -2.26. The van der Waals surface area contributed by atoms with Gasteiger partial charge in [-0.3, -0.25) is 9.78 Å². The standard InChI is InChI=1S/C26H25F3N4O3/c1-15(3-12-23(30-2)36-19-8-4-16(5-9-19)25(34)35)20-10-6-17(14-31-20)24-32-21-11-7-18(26(27,28)29)13-22(21)33-24/h3,6-7,10-14,16,19H,2,4-5,8-9H2,1H3,(H,32,33)(H,34,35)/b15-3+,23-12+. The van der Waals surface area contributed by atoms with Crippen molar-refractivity contribution in [2.45, 2.75) is 44.9 Å². The number of allylic oxidation sites excluding steroid dienone is 3. The molecule has 4 rings (SSSR count). The molecule has 2 aromatic heterocycles. The molecule has 2 N–H and O–H groups in total. The Kier molecular flexibility index (Phi) is 7.23. The van der Waals surface area contributed by atoms with Crippen molar-refractivity contribution in [1.82, 2.24) is 15.0 Å². The molecule has 7 nitrogen and oxygen atoms in total. The molecule has 0 aliphatic heterocycles. The van der Waals surface area contributed by atoms with Crippen LogP contribution in [0.15, 0.2) is 59.6 Å². The summed E-state index contributed by atoms with van der Waals surface area (Å²) in [5.41, 5.74) is 2.16. The van der Waals surface area contributed by atoms with Crippen molar-refractivity contribution < 1.29 is 27.8 Å². The predicted molar refractivity (Wildman–Crippen MR) is 130 cm³/mol. The number of nitrogens with one attached hydrogen (secondary N) is 1. The zero-order valence-corrected chi connectivity index (χ0v) is 19.5. The highest BCUT2D eigenvalue weighted by molar-refractivity contribution is 5.80. The molecule has 1 aliphatic rings. The van der Waals surface area contributed by atoms with Crippen LogP contribution in [0, 0.1) is 5.92 Å². The molecule has 36 heavy (non-hydrogen) atoms. The van der Waals surface area contributed by atoms with Gasteiger partial charge in [0.05, 0.1) is 28.2 Å². The predicted octanol–water partition coefficient (Wildman–Crippen LogP) is 6.25.